The SMILES string of the molecule is O=C(NCCc1cnc[nH]1)c1ccc(CN2C(=O)CCn3nc(-c4ccccc4)cc32)cc1. The zero-order chi connectivity index (χ0) is 22.6. The van der Waals surface area contributed by atoms with Gasteiger partial charge in [-0.1, -0.05) is 42.5 Å². The number of hydrogen-bond donors (Lipinski definition) is 2. The lowest BCUT2D eigenvalue weighted by Crippen LogP contribution is -2.36. The van der Waals surface area contributed by atoms with Gasteiger partial charge in [-0.3, -0.25) is 14.5 Å². The minimum absolute atomic E-state index is 0.0719. The second kappa shape index (κ2) is 9.12. The van der Waals surface area contributed by atoms with Gasteiger partial charge in [-0.15, -0.1) is 0 Å². The van der Waals surface area contributed by atoms with Gasteiger partial charge in [0.15, 0.2) is 0 Å². The molecule has 0 atom stereocenters. The molecule has 0 saturated carbocycles. The van der Waals surface area contributed by atoms with E-state index in [0.717, 1.165) is 28.3 Å². The highest BCUT2D eigenvalue weighted by atomic mass is 16.2. The van der Waals surface area contributed by atoms with Gasteiger partial charge >= 0.3 is 0 Å². The van der Waals surface area contributed by atoms with Crippen LogP contribution in [0.1, 0.15) is 28.0 Å². The number of nitrogens with one attached hydrogen (secondary N) is 2. The van der Waals surface area contributed by atoms with Crippen molar-refractivity contribution in [1.82, 2.24) is 25.1 Å². The van der Waals surface area contributed by atoms with Crippen molar-refractivity contribution in [2.75, 3.05) is 11.4 Å². The minimum atomic E-state index is -0.124. The maximum absolute atomic E-state index is 12.7. The molecule has 2 aromatic carbocycles. The average molecular weight is 441 g/mol. The van der Waals surface area contributed by atoms with Gasteiger partial charge in [0.1, 0.15) is 5.82 Å². The summed E-state index contributed by atoms with van der Waals surface area (Å²) in [6.07, 6.45) is 4.48. The lowest BCUT2D eigenvalue weighted by Gasteiger charge is -2.27. The van der Waals surface area contributed by atoms with E-state index in [1.165, 1.54) is 0 Å². The molecule has 8 nitrogen and oxygen atoms in total. The van der Waals surface area contributed by atoms with E-state index in [1.54, 1.807) is 29.6 Å². The van der Waals surface area contributed by atoms with Crippen molar-refractivity contribution in [2.45, 2.75) is 25.9 Å². The smallest absolute Gasteiger partial charge is 0.251 e. The van der Waals surface area contributed by atoms with Crippen molar-refractivity contribution in [3.63, 3.8) is 0 Å². The van der Waals surface area contributed by atoms with E-state index in [1.807, 2.05) is 53.2 Å². The summed E-state index contributed by atoms with van der Waals surface area (Å²) >= 11 is 0. The van der Waals surface area contributed by atoms with E-state index in [9.17, 15) is 9.59 Å². The Bertz CT molecular complexity index is 1250. The van der Waals surface area contributed by atoms with Crippen LogP contribution in [0.5, 0.6) is 0 Å². The summed E-state index contributed by atoms with van der Waals surface area (Å²) in [6, 6.07) is 19.3. The highest BCUT2D eigenvalue weighted by Gasteiger charge is 2.26. The van der Waals surface area contributed by atoms with Crippen LogP contribution in [0.15, 0.2) is 73.2 Å². The monoisotopic (exact) mass is 440 g/mol. The molecule has 0 fully saturated rings. The molecule has 8 heteroatoms. The Kier molecular flexibility index (Phi) is 5.72. The number of nitrogens with zero attached hydrogens (tertiary/aromatic N) is 4. The van der Waals surface area contributed by atoms with Crippen LogP contribution in [0.25, 0.3) is 11.3 Å². The molecule has 1 aliphatic heterocycles. The second-order valence-corrected chi connectivity index (χ2v) is 7.99. The third kappa shape index (κ3) is 4.55. The number of aromatic amines is 1. The van der Waals surface area contributed by atoms with Crippen molar-refractivity contribution in [2.24, 2.45) is 0 Å². The summed E-state index contributed by atoms with van der Waals surface area (Å²) in [5.41, 5.74) is 4.40. The first-order chi connectivity index (χ1) is 16.2. The molecule has 3 heterocycles. The largest absolute Gasteiger partial charge is 0.352 e. The Hall–Kier alpha value is -4.20. The second-order valence-electron chi connectivity index (χ2n) is 7.99. The summed E-state index contributed by atoms with van der Waals surface area (Å²) < 4.78 is 1.89. The normalized spacial score (nSPS) is 13.1. The Morgan fingerprint density at radius 2 is 1.91 bits per heavy atom. The van der Waals surface area contributed by atoms with E-state index in [-0.39, 0.29) is 11.8 Å². The lowest BCUT2D eigenvalue weighted by molar-refractivity contribution is -0.119. The molecular weight excluding hydrogens is 416 g/mol. The number of benzene rings is 2. The van der Waals surface area contributed by atoms with Crippen molar-refractivity contribution >= 4 is 17.6 Å². The number of aryl methyl sites for hydroxylation is 1. The van der Waals surface area contributed by atoms with Crippen LogP contribution in [0, 0.1) is 0 Å². The van der Waals surface area contributed by atoms with Crippen LogP contribution in [-0.2, 0) is 24.3 Å². The number of hydrogen-bond acceptors (Lipinski definition) is 4. The first-order valence-corrected chi connectivity index (χ1v) is 11.0. The van der Waals surface area contributed by atoms with E-state index in [4.69, 9.17) is 5.10 Å². The molecule has 4 aromatic rings. The van der Waals surface area contributed by atoms with E-state index < -0.39 is 0 Å². The highest BCUT2D eigenvalue weighted by Crippen LogP contribution is 2.29. The number of anilines is 1. The van der Waals surface area contributed by atoms with Gasteiger partial charge in [-0.2, -0.15) is 5.10 Å². The van der Waals surface area contributed by atoms with Crippen molar-refractivity contribution < 1.29 is 9.59 Å². The topological polar surface area (TPSA) is 95.9 Å². The van der Waals surface area contributed by atoms with Crippen molar-refractivity contribution in [3.05, 3.63) is 90.0 Å². The fourth-order valence-corrected chi connectivity index (χ4v) is 3.95. The number of H-pyrrole nitrogens is 1. The van der Waals surface area contributed by atoms with Gasteiger partial charge < -0.3 is 10.3 Å². The number of amides is 2. The molecule has 2 aromatic heterocycles. The van der Waals surface area contributed by atoms with Crippen LogP contribution < -0.4 is 10.2 Å². The Balaban J connectivity index is 1.26. The number of imidazole rings is 1. The third-order valence-electron chi connectivity index (χ3n) is 5.73. The molecule has 2 amide bonds. The maximum Gasteiger partial charge on any atom is 0.251 e. The summed E-state index contributed by atoms with van der Waals surface area (Å²) in [6.45, 7) is 1.54. The zero-order valence-corrected chi connectivity index (χ0v) is 18.1. The zero-order valence-electron chi connectivity index (χ0n) is 18.1. The Morgan fingerprint density at radius 1 is 1.09 bits per heavy atom. The number of carbonyl (C=O) groups is 2. The standard InChI is InChI=1S/C25H24N6O2/c32-24-11-13-31-23(14-22(29-31)19-4-2-1-3-5-19)30(24)16-18-6-8-20(9-7-18)25(33)27-12-10-21-15-26-17-28-21/h1-9,14-15,17H,10-13,16H2,(H,26,28)(H,27,33). The molecule has 0 unspecified atom stereocenters. The van der Waals surface area contributed by atoms with Crippen molar-refractivity contribution in [1.29, 1.82) is 0 Å². The van der Waals surface area contributed by atoms with Gasteiger partial charge in [-0.05, 0) is 17.7 Å². The van der Waals surface area contributed by atoms with Crippen molar-refractivity contribution in [3.8, 4) is 11.3 Å². The van der Waals surface area contributed by atoms with E-state index in [0.29, 0.717) is 38.0 Å². The Morgan fingerprint density at radius 3 is 2.67 bits per heavy atom. The van der Waals surface area contributed by atoms with Gasteiger partial charge in [0, 0.05) is 48.5 Å². The van der Waals surface area contributed by atoms with Gasteiger partial charge in [0.2, 0.25) is 5.91 Å². The summed E-state index contributed by atoms with van der Waals surface area (Å²) in [4.78, 5) is 33.9. The molecular formula is C25H24N6O2. The average Bonchev–Trinajstić information content (AvgIpc) is 3.52. The molecule has 5 rings (SSSR count). The van der Waals surface area contributed by atoms with Crippen LogP contribution in [0.4, 0.5) is 5.82 Å². The molecule has 0 bridgehead atoms. The van der Waals surface area contributed by atoms with Gasteiger partial charge in [0.25, 0.3) is 5.91 Å². The van der Waals surface area contributed by atoms with E-state index >= 15 is 0 Å². The fraction of sp³-hybridized carbons (Fsp3) is 0.200. The van der Waals surface area contributed by atoms with Crippen LogP contribution in [0.3, 0.4) is 0 Å². The molecule has 0 saturated heterocycles. The molecule has 0 aliphatic carbocycles. The number of fused-ring (bicyclic) bond motifs is 1. The molecule has 1 aliphatic rings. The van der Waals surface area contributed by atoms with Crippen LogP contribution in [-0.4, -0.2) is 38.1 Å². The van der Waals surface area contributed by atoms with Gasteiger partial charge in [0.05, 0.1) is 25.1 Å². The first kappa shape index (κ1) is 20.7. The molecule has 0 radical (unpaired) electrons. The quantitative estimate of drug-likeness (QED) is 0.461. The van der Waals surface area contributed by atoms with Crippen LogP contribution >= 0.6 is 0 Å². The highest BCUT2D eigenvalue weighted by molar-refractivity contribution is 5.95. The van der Waals surface area contributed by atoms with Crippen LogP contribution in [0.2, 0.25) is 0 Å². The fourth-order valence-electron chi connectivity index (χ4n) is 3.95. The summed E-state index contributed by atoms with van der Waals surface area (Å²) in [5.74, 6) is 0.745. The Labute approximate surface area is 191 Å². The molecule has 33 heavy (non-hydrogen) atoms. The molecule has 2 N–H and O–H groups in total. The number of aromatic nitrogens is 4. The van der Waals surface area contributed by atoms with Gasteiger partial charge in [-0.25, -0.2) is 9.67 Å². The predicted octanol–water partition coefficient (Wildman–Crippen LogP) is 3.18. The number of carbonyl (C=O) groups excluding carboxylic acids is 2. The molecule has 166 valence electrons. The first-order valence-electron chi connectivity index (χ1n) is 11.0. The summed E-state index contributed by atoms with van der Waals surface area (Å²) in [7, 11) is 0. The van der Waals surface area contributed by atoms with E-state index in [2.05, 4.69) is 15.3 Å². The predicted molar refractivity (Wildman–Crippen MR) is 125 cm³/mol. The lowest BCUT2D eigenvalue weighted by atomic mass is 10.1. The maximum atomic E-state index is 12.7. The number of rotatable bonds is 7. The summed E-state index contributed by atoms with van der Waals surface area (Å²) in [5, 5.41) is 7.61. The molecule has 0 spiro atoms. The third-order valence-corrected chi connectivity index (χ3v) is 5.73. The minimum Gasteiger partial charge on any atom is -0.352 e.